The fourth-order valence-corrected chi connectivity index (χ4v) is 4.17. The van der Waals surface area contributed by atoms with Crippen molar-refractivity contribution in [2.75, 3.05) is 32.8 Å². The van der Waals surface area contributed by atoms with Crippen LogP contribution in [0.2, 0.25) is 5.02 Å². The van der Waals surface area contributed by atoms with Crippen molar-refractivity contribution >= 4 is 17.5 Å². The highest BCUT2D eigenvalue weighted by Gasteiger charge is 2.25. The monoisotopic (exact) mass is 420 g/mol. The Bertz CT molecular complexity index is 987. The molecule has 4 rings (SSSR count). The number of hydrogen-bond acceptors (Lipinski definition) is 3. The molecule has 1 aliphatic heterocycles. The summed E-state index contributed by atoms with van der Waals surface area (Å²) in [6.45, 7) is 3.47. The lowest BCUT2D eigenvalue weighted by molar-refractivity contribution is 0.0162. The Morgan fingerprint density at radius 3 is 2.37 bits per heavy atom. The lowest BCUT2D eigenvalue weighted by Gasteiger charge is -2.35. The lowest BCUT2D eigenvalue weighted by Crippen LogP contribution is -2.44. The van der Waals surface area contributed by atoms with Crippen molar-refractivity contribution in [1.82, 2.24) is 10.2 Å². The van der Waals surface area contributed by atoms with Crippen molar-refractivity contribution in [3.8, 4) is 11.1 Å². The third-order valence-corrected chi connectivity index (χ3v) is 5.81. The van der Waals surface area contributed by atoms with Crippen LogP contribution in [0.4, 0.5) is 0 Å². The van der Waals surface area contributed by atoms with Crippen LogP contribution in [0.3, 0.4) is 0 Å². The summed E-state index contributed by atoms with van der Waals surface area (Å²) in [6, 6.07) is 25.5. The summed E-state index contributed by atoms with van der Waals surface area (Å²) in [7, 11) is 0. The largest absolute Gasteiger partial charge is 0.379 e. The first-order valence-electron chi connectivity index (χ1n) is 10.2. The fourth-order valence-electron chi connectivity index (χ4n) is 3.91. The molecular weight excluding hydrogens is 396 g/mol. The molecule has 5 heteroatoms. The Balaban J connectivity index is 1.56. The van der Waals surface area contributed by atoms with Crippen LogP contribution >= 0.6 is 11.6 Å². The molecule has 1 unspecified atom stereocenters. The van der Waals surface area contributed by atoms with Crippen LogP contribution in [-0.4, -0.2) is 43.7 Å². The molecule has 1 aliphatic rings. The van der Waals surface area contributed by atoms with Crippen LogP contribution in [0.25, 0.3) is 11.1 Å². The zero-order valence-electron chi connectivity index (χ0n) is 16.8. The Kier molecular flexibility index (Phi) is 6.80. The summed E-state index contributed by atoms with van der Waals surface area (Å²) < 4.78 is 5.51. The highest BCUT2D eigenvalue weighted by atomic mass is 35.5. The van der Waals surface area contributed by atoms with Crippen molar-refractivity contribution in [2.24, 2.45) is 0 Å². The SMILES string of the molecule is O=C(NCC(c1ccccc1Cl)N1CCOCC1)c1ccccc1-c1ccccc1. The minimum absolute atomic E-state index is 0.00422. The van der Waals surface area contributed by atoms with Gasteiger partial charge in [-0.3, -0.25) is 9.69 Å². The molecule has 1 fully saturated rings. The van der Waals surface area contributed by atoms with Gasteiger partial charge < -0.3 is 10.1 Å². The van der Waals surface area contributed by atoms with Gasteiger partial charge in [0.25, 0.3) is 5.91 Å². The summed E-state index contributed by atoms with van der Waals surface area (Å²) >= 11 is 6.51. The summed E-state index contributed by atoms with van der Waals surface area (Å²) in [5.74, 6) is -0.0835. The average Bonchev–Trinajstić information content (AvgIpc) is 2.81. The summed E-state index contributed by atoms with van der Waals surface area (Å²) in [6.07, 6.45) is 0. The lowest BCUT2D eigenvalue weighted by atomic mass is 9.99. The molecular formula is C25H25ClN2O2. The van der Waals surface area contributed by atoms with Crippen LogP contribution in [0.15, 0.2) is 78.9 Å². The van der Waals surface area contributed by atoms with E-state index in [1.807, 2.05) is 78.9 Å². The molecule has 4 nitrogen and oxygen atoms in total. The van der Waals surface area contributed by atoms with Crippen LogP contribution in [0.1, 0.15) is 22.0 Å². The molecule has 1 N–H and O–H groups in total. The number of morpholine rings is 1. The highest BCUT2D eigenvalue weighted by Crippen LogP contribution is 2.28. The van der Waals surface area contributed by atoms with Gasteiger partial charge >= 0.3 is 0 Å². The zero-order valence-corrected chi connectivity index (χ0v) is 17.5. The third-order valence-electron chi connectivity index (χ3n) is 5.46. The summed E-state index contributed by atoms with van der Waals surface area (Å²) in [4.78, 5) is 15.5. The fraction of sp³-hybridized carbons (Fsp3) is 0.240. The number of amides is 1. The minimum Gasteiger partial charge on any atom is -0.379 e. The Morgan fingerprint density at radius 1 is 0.933 bits per heavy atom. The minimum atomic E-state index is -0.0835. The molecule has 0 spiro atoms. The zero-order chi connectivity index (χ0) is 20.8. The van der Waals surface area contributed by atoms with E-state index in [9.17, 15) is 4.79 Å². The van der Waals surface area contributed by atoms with Crippen molar-refractivity contribution < 1.29 is 9.53 Å². The molecule has 0 radical (unpaired) electrons. The normalized spacial score (nSPS) is 15.5. The van der Waals surface area contributed by atoms with Gasteiger partial charge in [0.1, 0.15) is 0 Å². The van der Waals surface area contributed by atoms with Gasteiger partial charge in [-0.2, -0.15) is 0 Å². The van der Waals surface area contributed by atoms with Gasteiger partial charge in [0, 0.05) is 30.2 Å². The van der Waals surface area contributed by atoms with Crippen molar-refractivity contribution in [3.05, 3.63) is 95.0 Å². The van der Waals surface area contributed by atoms with E-state index in [0.717, 1.165) is 29.8 Å². The van der Waals surface area contributed by atoms with Crippen molar-refractivity contribution in [2.45, 2.75) is 6.04 Å². The van der Waals surface area contributed by atoms with E-state index in [1.165, 1.54) is 0 Å². The predicted molar refractivity (Wildman–Crippen MR) is 121 cm³/mol. The van der Waals surface area contributed by atoms with Crippen LogP contribution in [0.5, 0.6) is 0 Å². The molecule has 1 saturated heterocycles. The number of benzene rings is 3. The van der Waals surface area contributed by atoms with Crippen molar-refractivity contribution in [3.63, 3.8) is 0 Å². The van der Waals surface area contributed by atoms with E-state index in [1.54, 1.807) is 0 Å². The number of rotatable bonds is 6. The van der Waals surface area contributed by atoms with E-state index < -0.39 is 0 Å². The smallest absolute Gasteiger partial charge is 0.251 e. The van der Waals surface area contributed by atoms with Gasteiger partial charge in [0.05, 0.1) is 19.3 Å². The van der Waals surface area contributed by atoms with Gasteiger partial charge in [0.2, 0.25) is 0 Å². The van der Waals surface area contributed by atoms with E-state index in [0.29, 0.717) is 30.3 Å². The van der Waals surface area contributed by atoms with Crippen LogP contribution in [0, 0.1) is 0 Å². The molecule has 0 bridgehead atoms. The number of hydrogen-bond donors (Lipinski definition) is 1. The van der Waals surface area contributed by atoms with Gasteiger partial charge in [-0.15, -0.1) is 0 Å². The van der Waals surface area contributed by atoms with E-state index in [2.05, 4.69) is 10.2 Å². The topological polar surface area (TPSA) is 41.6 Å². The second-order valence-electron chi connectivity index (χ2n) is 7.31. The van der Waals surface area contributed by atoms with Gasteiger partial charge in [-0.25, -0.2) is 0 Å². The van der Waals surface area contributed by atoms with Gasteiger partial charge in [0.15, 0.2) is 0 Å². The quantitative estimate of drug-likeness (QED) is 0.622. The standard InChI is InChI=1S/C25H25ClN2O2/c26-23-13-7-6-12-22(23)24(28-14-16-30-17-15-28)18-27-25(29)21-11-5-4-10-20(21)19-8-2-1-3-9-19/h1-13,24H,14-18H2,(H,27,29). The first-order chi connectivity index (χ1) is 14.7. The number of halogens is 1. The number of ether oxygens (including phenoxy) is 1. The Morgan fingerprint density at radius 2 is 1.60 bits per heavy atom. The number of carbonyl (C=O) groups is 1. The maximum absolute atomic E-state index is 13.2. The van der Waals surface area contributed by atoms with E-state index in [-0.39, 0.29) is 11.9 Å². The second kappa shape index (κ2) is 9.90. The van der Waals surface area contributed by atoms with Gasteiger partial charge in [-0.05, 0) is 28.8 Å². The molecule has 30 heavy (non-hydrogen) atoms. The number of nitrogens with one attached hydrogen (secondary N) is 1. The highest BCUT2D eigenvalue weighted by molar-refractivity contribution is 6.31. The molecule has 3 aromatic carbocycles. The van der Waals surface area contributed by atoms with E-state index >= 15 is 0 Å². The number of nitrogens with zero attached hydrogens (tertiary/aromatic N) is 1. The second-order valence-corrected chi connectivity index (χ2v) is 7.71. The van der Waals surface area contributed by atoms with Crippen molar-refractivity contribution in [1.29, 1.82) is 0 Å². The molecule has 1 amide bonds. The Labute approximate surface area is 182 Å². The number of carbonyl (C=O) groups excluding carboxylic acids is 1. The molecule has 1 heterocycles. The maximum Gasteiger partial charge on any atom is 0.251 e. The first kappa shape index (κ1) is 20.6. The molecule has 1 atom stereocenters. The summed E-state index contributed by atoms with van der Waals surface area (Å²) in [5.41, 5.74) is 3.65. The summed E-state index contributed by atoms with van der Waals surface area (Å²) in [5, 5.41) is 3.87. The van der Waals surface area contributed by atoms with Crippen LogP contribution in [-0.2, 0) is 4.74 Å². The maximum atomic E-state index is 13.2. The molecule has 0 aromatic heterocycles. The van der Waals surface area contributed by atoms with Crippen LogP contribution < -0.4 is 5.32 Å². The Hall–Kier alpha value is -2.66. The van der Waals surface area contributed by atoms with Gasteiger partial charge in [-0.1, -0.05) is 78.3 Å². The van der Waals surface area contributed by atoms with E-state index in [4.69, 9.17) is 16.3 Å². The molecule has 3 aromatic rings. The molecule has 0 saturated carbocycles. The molecule has 154 valence electrons. The first-order valence-corrected chi connectivity index (χ1v) is 10.6. The average molecular weight is 421 g/mol. The molecule has 0 aliphatic carbocycles. The third kappa shape index (κ3) is 4.73. The predicted octanol–water partition coefficient (Wildman–Crippen LogP) is 4.81.